The summed E-state index contributed by atoms with van der Waals surface area (Å²) >= 11 is 1.84. The normalized spacial score (nSPS) is 12.8. The van der Waals surface area contributed by atoms with Gasteiger partial charge in [0, 0.05) is 30.5 Å². The lowest BCUT2D eigenvalue weighted by Crippen LogP contribution is -2.40. The fourth-order valence-corrected chi connectivity index (χ4v) is 2.36. The van der Waals surface area contributed by atoms with Crippen LogP contribution in [0.5, 0.6) is 5.75 Å². The van der Waals surface area contributed by atoms with Crippen LogP contribution in [0.1, 0.15) is 31.9 Å². The summed E-state index contributed by atoms with van der Waals surface area (Å²) < 4.78 is 11.2. The van der Waals surface area contributed by atoms with Crippen LogP contribution in [0.3, 0.4) is 0 Å². The van der Waals surface area contributed by atoms with Gasteiger partial charge in [-0.15, -0.1) is 0 Å². The Kier molecular flexibility index (Phi) is 11.2. The largest absolute Gasteiger partial charge is 0.491 e. The van der Waals surface area contributed by atoms with Gasteiger partial charge in [-0.25, -0.2) is 4.99 Å². The zero-order valence-electron chi connectivity index (χ0n) is 16.2. The van der Waals surface area contributed by atoms with Gasteiger partial charge in [0.05, 0.1) is 13.2 Å². The minimum absolute atomic E-state index is 0.542. The molecule has 0 aliphatic rings. The molecule has 0 heterocycles. The number of benzene rings is 1. The molecule has 0 radical (unpaired) electrons. The predicted octanol–water partition coefficient (Wildman–Crippen LogP) is 3.22. The molecule has 5 nitrogen and oxygen atoms in total. The number of aliphatic imine (C=N–C) groups is 1. The van der Waals surface area contributed by atoms with Crippen molar-refractivity contribution in [3.8, 4) is 5.75 Å². The highest BCUT2D eigenvalue weighted by atomic mass is 32.2. The van der Waals surface area contributed by atoms with Crippen LogP contribution in [0.15, 0.2) is 23.2 Å². The van der Waals surface area contributed by atoms with Crippen molar-refractivity contribution in [3.63, 3.8) is 0 Å². The number of ether oxygens (including phenoxy) is 2. The highest BCUT2D eigenvalue weighted by Crippen LogP contribution is 2.21. The number of hydrogen-bond acceptors (Lipinski definition) is 4. The van der Waals surface area contributed by atoms with Crippen molar-refractivity contribution in [1.82, 2.24) is 10.6 Å². The van der Waals surface area contributed by atoms with Gasteiger partial charge < -0.3 is 20.1 Å². The van der Waals surface area contributed by atoms with Crippen LogP contribution >= 0.6 is 11.8 Å². The molecule has 1 aromatic carbocycles. The lowest BCUT2D eigenvalue weighted by Gasteiger charge is -2.15. The van der Waals surface area contributed by atoms with Crippen molar-refractivity contribution >= 4 is 17.7 Å². The summed E-state index contributed by atoms with van der Waals surface area (Å²) in [6, 6.07) is 6.24. The molecule has 0 aliphatic heterocycles. The minimum atomic E-state index is 0.542. The topological polar surface area (TPSA) is 54.9 Å². The van der Waals surface area contributed by atoms with Gasteiger partial charge in [0.2, 0.25) is 0 Å². The number of nitrogens with zero attached hydrogens (tertiary/aromatic N) is 1. The fraction of sp³-hybridized carbons (Fsp3) is 0.632. The van der Waals surface area contributed by atoms with E-state index in [1.165, 1.54) is 5.56 Å². The van der Waals surface area contributed by atoms with Crippen molar-refractivity contribution in [2.45, 2.75) is 39.5 Å². The van der Waals surface area contributed by atoms with E-state index < -0.39 is 0 Å². The zero-order valence-corrected chi connectivity index (χ0v) is 17.0. The Morgan fingerprint density at radius 3 is 2.72 bits per heavy atom. The van der Waals surface area contributed by atoms with Crippen LogP contribution in [0.25, 0.3) is 0 Å². The molecule has 0 fully saturated rings. The predicted molar refractivity (Wildman–Crippen MR) is 109 cm³/mol. The Labute approximate surface area is 157 Å². The first-order valence-electron chi connectivity index (χ1n) is 8.95. The first kappa shape index (κ1) is 21.6. The molecule has 1 rings (SSSR count). The van der Waals surface area contributed by atoms with Crippen LogP contribution in [-0.4, -0.2) is 50.4 Å². The van der Waals surface area contributed by atoms with E-state index in [0.29, 0.717) is 31.6 Å². The molecule has 2 N–H and O–H groups in total. The number of hydrogen-bond donors (Lipinski definition) is 2. The summed E-state index contributed by atoms with van der Waals surface area (Å²) in [5.41, 5.74) is 2.26. The van der Waals surface area contributed by atoms with Gasteiger partial charge in [0.15, 0.2) is 5.96 Å². The minimum Gasteiger partial charge on any atom is -0.491 e. The van der Waals surface area contributed by atoms with Crippen LogP contribution in [0.2, 0.25) is 0 Å². The smallest absolute Gasteiger partial charge is 0.191 e. The van der Waals surface area contributed by atoms with Gasteiger partial charge in [-0.1, -0.05) is 19.1 Å². The van der Waals surface area contributed by atoms with E-state index in [2.05, 4.69) is 55.9 Å². The van der Waals surface area contributed by atoms with Crippen LogP contribution in [-0.2, 0) is 11.3 Å². The van der Waals surface area contributed by atoms with Gasteiger partial charge in [-0.2, -0.15) is 11.8 Å². The molecular weight excluding hydrogens is 334 g/mol. The SMILES string of the molecule is CCNC(=NCc1ccc(C)cc1OCCOCC)NCC(C)SC. The Bertz CT molecular complexity index is 523. The first-order valence-corrected chi connectivity index (χ1v) is 10.2. The third-order valence-corrected chi connectivity index (χ3v) is 4.59. The fourth-order valence-electron chi connectivity index (χ4n) is 2.11. The van der Waals surface area contributed by atoms with Crippen molar-refractivity contribution in [3.05, 3.63) is 29.3 Å². The molecule has 6 heteroatoms. The number of nitrogens with one attached hydrogen (secondary N) is 2. The van der Waals surface area contributed by atoms with E-state index in [1.54, 1.807) is 0 Å². The quantitative estimate of drug-likeness (QED) is 0.357. The molecule has 1 aromatic rings. The van der Waals surface area contributed by atoms with Crippen LogP contribution < -0.4 is 15.4 Å². The Morgan fingerprint density at radius 2 is 2.04 bits per heavy atom. The molecule has 0 saturated heterocycles. The molecule has 0 bridgehead atoms. The summed E-state index contributed by atoms with van der Waals surface area (Å²) in [5, 5.41) is 7.22. The van der Waals surface area contributed by atoms with E-state index in [-0.39, 0.29) is 0 Å². The average Bonchev–Trinajstić information content (AvgIpc) is 2.61. The molecule has 0 amide bonds. The lowest BCUT2D eigenvalue weighted by atomic mass is 10.1. The second-order valence-electron chi connectivity index (χ2n) is 5.78. The second-order valence-corrected chi connectivity index (χ2v) is 7.06. The summed E-state index contributed by atoms with van der Waals surface area (Å²) in [6.45, 7) is 12.5. The summed E-state index contributed by atoms with van der Waals surface area (Å²) in [7, 11) is 0. The van der Waals surface area contributed by atoms with E-state index in [4.69, 9.17) is 14.5 Å². The molecule has 1 unspecified atom stereocenters. The maximum Gasteiger partial charge on any atom is 0.191 e. The van der Waals surface area contributed by atoms with Crippen molar-refractivity contribution in [1.29, 1.82) is 0 Å². The van der Waals surface area contributed by atoms with Gasteiger partial charge in [0.1, 0.15) is 12.4 Å². The van der Waals surface area contributed by atoms with Crippen LogP contribution in [0.4, 0.5) is 0 Å². The lowest BCUT2D eigenvalue weighted by molar-refractivity contribution is 0.110. The van der Waals surface area contributed by atoms with Crippen molar-refractivity contribution < 1.29 is 9.47 Å². The summed E-state index contributed by atoms with van der Waals surface area (Å²) in [5.74, 6) is 1.72. The van der Waals surface area contributed by atoms with E-state index >= 15 is 0 Å². The van der Waals surface area contributed by atoms with Crippen molar-refractivity contribution in [2.75, 3.05) is 39.2 Å². The van der Waals surface area contributed by atoms with Gasteiger partial charge in [-0.3, -0.25) is 0 Å². The van der Waals surface area contributed by atoms with Gasteiger partial charge >= 0.3 is 0 Å². The molecular formula is C19H33N3O2S. The summed E-state index contributed by atoms with van der Waals surface area (Å²) in [6.07, 6.45) is 2.12. The summed E-state index contributed by atoms with van der Waals surface area (Å²) in [4.78, 5) is 4.70. The standard InChI is InChI=1S/C19H33N3O2S/c1-6-20-19(21-13-16(4)25-5)22-14-17-9-8-15(3)12-18(17)24-11-10-23-7-2/h8-9,12,16H,6-7,10-11,13-14H2,1-5H3,(H2,20,21,22). The molecule has 0 saturated carbocycles. The van der Waals surface area contributed by atoms with Crippen molar-refractivity contribution in [2.24, 2.45) is 4.99 Å². The maximum absolute atomic E-state index is 5.89. The first-order chi connectivity index (χ1) is 12.1. The van der Waals surface area contributed by atoms with Gasteiger partial charge in [0.25, 0.3) is 0 Å². The molecule has 1 atom stereocenters. The molecule has 25 heavy (non-hydrogen) atoms. The highest BCUT2D eigenvalue weighted by molar-refractivity contribution is 7.99. The monoisotopic (exact) mass is 367 g/mol. The molecule has 142 valence electrons. The Balaban J connectivity index is 2.73. The Morgan fingerprint density at radius 1 is 1.24 bits per heavy atom. The maximum atomic E-state index is 5.89. The Hall–Kier alpha value is -1.40. The number of aryl methyl sites for hydroxylation is 1. The molecule has 0 spiro atoms. The van der Waals surface area contributed by atoms with Gasteiger partial charge in [-0.05, 0) is 38.7 Å². The van der Waals surface area contributed by atoms with E-state index in [0.717, 1.165) is 30.4 Å². The average molecular weight is 368 g/mol. The zero-order chi connectivity index (χ0) is 18.5. The third-order valence-electron chi connectivity index (χ3n) is 3.62. The highest BCUT2D eigenvalue weighted by Gasteiger charge is 2.06. The number of rotatable bonds is 11. The van der Waals surface area contributed by atoms with E-state index in [9.17, 15) is 0 Å². The van der Waals surface area contributed by atoms with E-state index in [1.807, 2.05) is 18.7 Å². The second kappa shape index (κ2) is 12.9. The third kappa shape index (κ3) is 9.02. The van der Waals surface area contributed by atoms with Crippen LogP contribution in [0, 0.1) is 6.92 Å². The number of thioether (sulfide) groups is 1. The molecule has 0 aromatic heterocycles. The number of guanidine groups is 1. The molecule has 0 aliphatic carbocycles.